The second-order valence-electron chi connectivity index (χ2n) is 4.60. The molecule has 0 heterocycles. The van der Waals surface area contributed by atoms with Crippen LogP contribution in [0.4, 0.5) is 0 Å². The molecule has 100 valence electrons. The Morgan fingerprint density at radius 3 is 2.67 bits per heavy atom. The van der Waals surface area contributed by atoms with Crippen LogP contribution in [0.25, 0.3) is 0 Å². The Balaban J connectivity index is 3.02. The van der Waals surface area contributed by atoms with Gasteiger partial charge in [-0.2, -0.15) is 0 Å². The lowest BCUT2D eigenvalue weighted by Crippen LogP contribution is -2.36. The predicted molar refractivity (Wildman–Crippen MR) is 70.5 cm³/mol. The molecule has 0 amide bonds. The van der Waals surface area contributed by atoms with Crippen LogP contribution in [-0.4, -0.2) is 19.7 Å². The molecule has 0 aliphatic rings. The van der Waals surface area contributed by atoms with E-state index in [-0.39, 0.29) is 12.4 Å². The Morgan fingerprint density at radius 1 is 1.44 bits per heavy atom. The highest BCUT2D eigenvalue weighted by molar-refractivity contribution is 5.71. The zero-order valence-corrected chi connectivity index (χ0v) is 11.4. The Bertz CT molecular complexity index is 427. The van der Waals surface area contributed by atoms with Gasteiger partial charge in [-0.3, -0.25) is 4.79 Å². The molecule has 2 N–H and O–H groups in total. The van der Waals surface area contributed by atoms with E-state index in [4.69, 9.17) is 15.2 Å². The summed E-state index contributed by atoms with van der Waals surface area (Å²) in [7, 11) is 1.59. The molecule has 0 spiro atoms. The van der Waals surface area contributed by atoms with Gasteiger partial charge in [0, 0.05) is 5.56 Å². The number of carbonyl (C=O) groups is 1. The van der Waals surface area contributed by atoms with Gasteiger partial charge in [-0.05, 0) is 26.8 Å². The van der Waals surface area contributed by atoms with Crippen molar-refractivity contribution in [1.29, 1.82) is 0 Å². The van der Waals surface area contributed by atoms with Crippen molar-refractivity contribution >= 4 is 5.97 Å². The van der Waals surface area contributed by atoms with Crippen molar-refractivity contribution in [1.82, 2.24) is 0 Å². The first-order valence-corrected chi connectivity index (χ1v) is 6.00. The van der Waals surface area contributed by atoms with Gasteiger partial charge in [0.1, 0.15) is 5.75 Å². The summed E-state index contributed by atoms with van der Waals surface area (Å²) >= 11 is 0. The predicted octanol–water partition coefficient (Wildman–Crippen LogP) is 2.13. The van der Waals surface area contributed by atoms with E-state index in [1.54, 1.807) is 21.0 Å². The first-order valence-electron chi connectivity index (χ1n) is 6.00. The van der Waals surface area contributed by atoms with Crippen LogP contribution in [0.3, 0.4) is 0 Å². The zero-order chi connectivity index (χ0) is 13.8. The number of rotatable bonds is 5. The Morgan fingerprint density at radius 2 is 2.11 bits per heavy atom. The third kappa shape index (κ3) is 3.47. The molecule has 0 saturated heterocycles. The first-order chi connectivity index (χ1) is 8.40. The van der Waals surface area contributed by atoms with Gasteiger partial charge in [0.2, 0.25) is 0 Å². The van der Waals surface area contributed by atoms with E-state index < -0.39 is 5.54 Å². The molecule has 0 saturated carbocycles. The lowest BCUT2D eigenvalue weighted by atomic mass is 9.88. The van der Waals surface area contributed by atoms with Gasteiger partial charge in [0.05, 0.1) is 25.7 Å². The van der Waals surface area contributed by atoms with Crippen LogP contribution < -0.4 is 10.5 Å². The molecule has 0 aliphatic heterocycles. The van der Waals surface area contributed by atoms with Crippen molar-refractivity contribution in [2.45, 2.75) is 32.7 Å². The number of aryl methyl sites for hydroxylation is 1. The maximum atomic E-state index is 11.6. The van der Waals surface area contributed by atoms with Gasteiger partial charge in [-0.25, -0.2) is 0 Å². The van der Waals surface area contributed by atoms with E-state index in [0.717, 1.165) is 11.1 Å². The molecule has 1 unspecified atom stereocenters. The van der Waals surface area contributed by atoms with Crippen LogP contribution >= 0.6 is 0 Å². The quantitative estimate of drug-likeness (QED) is 0.814. The summed E-state index contributed by atoms with van der Waals surface area (Å²) in [6.07, 6.45) is 0.126. The van der Waals surface area contributed by atoms with Crippen LogP contribution in [-0.2, 0) is 15.1 Å². The normalized spacial score (nSPS) is 13.8. The highest BCUT2D eigenvalue weighted by Crippen LogP contribution is 2.31. The van der Waals surface area contributed by atoms with Gasteiger partial charge in [0.25, 0.3) is 0 Å². The van der Waals surface area contributed by atoms with Crippen LogP contribution in [0.2, 0.25) is 0 Å². The SMILES string of the molecule is CCOC(=O)CC(C)(N)c1cc(C)ccc1OC. The summed E-state index contributed by atoms with van der Waals surface area (Å²) in [6, 6.07) is 5.75. The van der Waals surface area contributed by atoms with Crippen molar-refractivity contribution in [2.75, 3.05) is 13.7 Å². The van der Waals surface area contributed by atoms with Gasteiger partial charge >= 0.3 is 5.97 Å². The van der Waals surface area contributed by atoms with Gasteiger partial charge in [0.15, 0.2) is 0 Å². The fourth-order valence-electron chi connectivity index (χ4n) is 1.88. The lowest BCUT2D eigenvalue weighted by Gasteiger charge is -2.26. The second kappa shape index (κ2) is 5.87. The minimum absolute atomic E-state index is 0.126. The highest BCUT2D eigenvalue weighted by Gasteiger charge is 2.28. The molecule has 0 fully saturated rings. The van der Waals surface area contributed by atoms with Crippen LogP contribution in [0.15, 0.2) is 18.2 Å². The summed E-state index contributed by atoms with van der Waals surface area (Å²) < 4.78 is 10.2. The van der Waals surface area contributed by atoms with E-state index in [9.17, 15) is 4.79 Å². The molecule has 1 atom stereocenters. The minimum atomic E-state index is -0.802. The van der Waals surface area contributed by atoms with Crippen molar-refractivity contribution in [3.05, 3.63) is 29.3 Å². The highest BCUT2D eigenvalue weighted by atomic mass is 16.5. The fraction of sp³-hybridized carbons (Fsp3) is 0.500. The number of benzene rings is 1. The molecule has 0 aliphatic carbocycles. The summed E-state index contributed by atoms with van der Waals surface area (Å²) in [6.45, 7) is 5.92. The molecular formula is C14H21NO3. The molecule has 1 aromatic carbocycles. The van der Waals surface area contributed by atoms with Crippen molar-refractivity contribution < 1.29 is 14.3 Å². The number of hydrogen-bond donors (Lipinski definition) is 1. The van der Waals surface area contributed by atoms with Crippen molar-refractivity contribution in [3.8, 4) is 5.75 Å². The number of carbonyl (C=O) groups excluding carboxylic acids is 1. The molecule has 0 aromatic heterocycles. The van der Waals surface area contributed by atoms with Crippen molar-refractivity contribution in [3.63, 3.8) is 0 Å². The fourth-order valence-corrected chi connectivity index (χ4v) is 1.88. The Labute approximate surface area is 108 Å². The minimum Gasteiger partial charge on any atom is -0.496 e. The average Bonchev–Trinajstić information content (AvgIpc) is 2.28. The summed E-state index contributed by atoms with van der Waals surface area (Å²) in [5.41, 5.74) is 7.32. The monoisotopic (exact) mass is 251 g/mol. The van der Waals surface area contributed by atoms with Crippen LogP contribution in [0.1, 0.15) is 31.4 Å². The first kappa shape index (κ1) is 14.5. The van der Waals surface area contributed by atoms with E-state index in [0.29, 0.717) is 12.4 Å². The number of esters is 1. The molecule has 0 bridgehead atoms. The number of methoxy groups -OCH3 is 1. The third-order valence-electron chi connectivity index (χ3n) is 2.79. The maximum absolute atomic E-state index is 11.6. The third-order valence-corrected chi connectivity index (χ3v) is 2.79. The van der Waals surface area contributed by atoms with E-state index >= 15 is 0 Å². The smallest absolute Gasteiger partial charge is 0.307 e. The summed E-state index contributed by atoms with van der Waals surface area (Å²) in [4.78, 5) is 11.6. The van der Waals surface area contributed by atoms with Crippen LogP contribution in [0.5, 0.6) is 5.75 Å². The maximum Gasteiger partial charge on any atom is 0.307 e. The van der Waals surface area contributed by atoms with Gasteiger partial charge < -0.3 is 15.2 Å². The zero-order valence-electron chi connectivity index (χ0n) is 11.4. The van der Waals surface area contributed by atoms with Gasteiger partial charge in [-0.15, -0.1) is 0 Å². The molecule has 4 nitrogen and oxygen atoms in total. The lowest BCUT2D eigenvalue weighted by molar-refractivity contribution is -0.144. The molecule has 0 radical (unpaired) electrons. The largest absolute Gasteiger partial charge is 0.496 e. The Kier molecular flexibility index (Phi) is 4.73. The van der Waals surface area contributed by atoms with E-state index in [1.807, 2.05) is 25.1 Å². The Hall–Kier alpha value is -1.55. The number of hydrogen-bond acceptors (Lipinski definition) is 4. The molecule has 1 rings (SSSR count). The second-order valence-corrected chi connectivity index (χ2v) is 4.60. The van der Waals surface area contributed by atoms with E-state index in [2.05, 4.69) is 0 Å². The summed E-state index contributed by atoms with van der Waals surface area (Å²) in [5, 5.41) is 0. The van der Waals surface area contributed by atoms with Crippen LogP contribution in [0, 0.1) is 6.92 Å². The van der Waals surface area contributed by atoms with Crippen molar-refractivity contribution in [2.24, 2.45) is 5.73 Å². The molecule has 18 heavy (non-hydrogen) atoms. The topological polar surface area (TPSA) is 61.5 Å². The standard InChI is InChI=1S/C14H21NO3/c1-5-18-13(16)9-14(3,15)11-8-10(2)6-7-12(11)17-4/h6-8H,5,9,15H2,1-4H3. The molecular weight excluding hydrogens is 230 g/mol. The van der Waals surface area contributed by atoms with E-state index in [1.165, 1.54) is 0 Å². The number of ether oxygens (including phenoxy) is 2. The molecule has 4 heteroatoms. The molecule has 1 aromatic rings. The number of nitrogens with two attached hydrogens (primary N) is 1. The average molecular weight is 251 g/mol. The van der Waals surface area contributed by atoms with Gasteiger partial charge in [-0.1, -0.05) is 17.7 Å². The summed E-state index contributed by atoms with van der Waals surface area (Å²) in [5.74, 6) is 0.390.